The number of pyridine rings is 1. The van der Waals surface area contributed by atoms with Crippen molar-refractivity contribution in [3.63, 3.8) is 0 Å². The SMILES string of the molecule is Cc1cc([N+](=O)[O-])cnc1C(=O)NC(CCC(=O)O)C(=O)O. The minimum Gasteiger partial charge on any atom is -0.481 e. The number of carboxylic acids is 2. The van der Waals surface area contributed by atoms with E-state index in [0.29, 0.717) is 0 Å². The highest BCUT2D eigenvalue weighted by Gasteiger charge is 2.23. The summed E-state index contributed by atoms with van der Waals surface area (Å²) >= 11 is 0. The van der Waals surface area contributed by atoms with Gasteiger partial charge in [-0.25, -0.2) is 9.78 Å². The van der Waals surface area contributed by atoms with Crippen molar-refractivity contribution in [1.29, 1.82) is 0 Å². The number of aryl methyl sites for hydroxylation is 1. The van der Waals surface area contributed by atoms with Gasteiger partial charge in [0, 0.05) is 12.5 Å². The van der Waals surface area contributed by atoms with Gasteiger partial charge in [-0.1, -0.05) is 0 Å². The molecule has 3 N–H and O–H groups in total. The molecule has 10 nitrogen and oxygen atoms in total. The van der Waals surface area contributed by atoms with E-state index in [1.807, 2.05) is 0 Å². The third-order valence-corrected chi connectivity index (χ3v) is 2.74. The fraction of sp³-hybridized carbons (Fsp3) is 0.333. The fourth-order valence-corrected chi connectivity index (χ4v) is 1.65. The molecule has 1 aromatic heterocycles. The van der Waals surface area contributed by atoms with E-state index >= 15 is 0 Å². The zero-order valence-corrected chi connectivity index (χ0v) is 11.5. The molecule has 0 bridgehead atoms. The van der Waals surface area contributed by atoms with Crippen molar-refractivity contribution in [1.82, 2.24) is 10.3 Å². The highest BCUT2D eigenvalue weighted by atomic mass is 16.6. The Bertz CT molecular complexity index is 629. The predicted octanol–water partition coefficient (Wildman–Crippen LogP) is 0.346. The molecule has 0 saturated heterocycles. The number of carboxylic acid groups (broad SMARTS) is 2. The van der Waals surface area contributed by atoms with Crippen LogP contribution in [0.25, 0.3) is 0 Å². The Morgan fingerprint density at radius 1 is 1.41 bits per heavy atom. The number of carbonyl (C=O) groups is 3. The molecule has 118 valence electrons. The molecule has 1 heterocycles. The van der Waals surface area contributed by atoms with Crippen molar-refractivity contribution >= 4 is 23.5 Å². The number of hydrogen-bond acceptors (Lipinski definition) is 6. The Morgan fingerprint density at radius 3 is 2.50 bits per heavy atom. The lowest BCUT2D eigenvalue weighted by Crippen LogP contribution is -2.41. The molecule has 0 spiro atoms. The molecule has 1 aromatic rings. The Morgan fingerprint density at radius 2 is 2.05 bits per heavy atom. The molecule has 1 amide bonds. The lowest BCUT2D eigenvalue weighted by Gasteiger charge is -2.13. The molecular weight excluding hydrogens is 298 g/mol. The van der Waals surface area contributed by atoms with Crippen molar-refractivity contribution < 1.29 is 29.5 Å². The highest BCUT2D eigenvalue weighted by Crippen LogP contribution is 2.14. The molecule has 0 aliphatic rings. The van der Waals surface area contributed by atoms with Crippen LogP contribution >= 0.6 is 0 Å². The number of aromatic nitrogens is 1. The number of carbonyl (C=O) groups excluding carboxylic acids is 1. The Kier molecular flexibility index (Phi) is 5.50. The number of hydrogen-bond donors (Lipinski definition) is 3. The molecule has 1 rings (SSSR count). The average molecular weight is 311 g/mol. The summed E-state index contributed by atoms with van der Waals surface area (Å²) in [6.45, 7) is 1.42. The zero-order chi connectivity index (χ0) is 16.9. The first-order valence-corrected chi connectivity index (χ1v) is 6.09. The standard InChI is InChI=1S/C12H13N3O7/c1-6-4-7(15(21)22)5-13-10(6)11(18)14-8(12(19)20)2-3-9(16)17/h4-5,8H,2-3H2,1H3,(H,14,18)(H,16,17)(H,19,20). The van der Waals surface area contributed by atoms with Gasteiger partial charge in [-0.15, -0.1) is 0 Å². The summed E-state index contributed by atoms with van der Waals surface area (Å²) in [5.74, 6) is -3.41. The van der Waals surface area contributed by atoms with Crippen LogP contribution in [0.4, 0.5) is 5.69 Å². The molecule has 0 aliphatic heterocycles. The first-order valence-electron chi connectivity index (χ1n) is 6.09. The normalized spacial score (nSPS) is 11.5. The summed E-state index contributed by atoms with van der Waals surface area (Å²) in [5.41, 5.74) is -0.254. The predicted molar refractivity (Wildman–Crippen MR) is 71.4 cm³/mol. The number of nitrogens with one attached hydrogen (secondary N) is 1. The minimum atomic E-state index is -1.39. The Hall–Kier alpha value is -3.04. The molecule has 0 saturated carbocycles. The second-order valence-corrected chi connectivity index (χ2v) is 4.41. The topological polar surface area (TPSA) is 160 Å². The van der Waals surface area contributed by atoms with E-state index in [0.717, 1.165) is 12.3 Å². The maximum atomic E-state index is 12.0. The lowest BCUT2D eigenvalue weighted by molar-refractivity contribution is -0.385. The molecular formula is C12H13N3O7. The maximum absolute atomic E-state index is 12.0. The summed E-state index contributed by atoms with van der Waals surface area (Å²) in [5, 5.41) is 30.2. The summed E-state index contributed by atoms with van der Waals surface area (Å²) < 4.78 is 0. The molecule has 1 atom stereocenters. The third-order valence-electron chi connectivity index (χ3n) is 2.74. The smallest absolute Gasteiger partial charge is 0.326 e. The lowest BCUT2D eigenvalue weighted by atomic mass is 10.1. The van der Waals surface area contributed by atoms with Gasteiger partial charge >= 0.3 is 11.9 Å². The second kappa shape index (κ2) is 7.11. The molecule has 0 fully saturated rings. The van der Waals surface area contributed by atoms with Crippen LogP contribution in [0.1, 0.15) is 28.9 Å². The number of rotatable bonds is 7. The van der Waals surface area contributed by atoms with E-state index < -0.39 is 35.2 Å². The van der Waals surface area contributed by atoms with Crippen LogP contribution in [0.15, 0.2) is 12.3 Å². The van der Waals surface area contributed by atoms with Gasteiger partial charge in [0.15, 0.2) is 0 Å². The van der Waals surface area contributed by atoms with Crippen LogP contribution < -0.4 is 5.32 Å². The van der Waals surface area contributed by atoms with Gasteiger partial charge in [0.2, 0.25) is 0 Å². The largest absolute Gasteiger partial charge is 0.481 e. The van der Waals surface area contributed by atoms with Gasteiger partial charge in [-0.2, -0.15) is 0 Å². The van der Waals surface area contributed by atoms with E-state index in [1.54, 1.807) is 0 Å². The zero-order valence-electron chi connectivity index (χ0n) is 11.5. The van der Waals surface area contributed by atoms with Gasteiger partial charge in [0.1, 0.15) is 17.9 Å². The molecule has 0 radical (unpaired) electrons. The maximum Gasteiger partial charge on any atom is 0.326 e. The van der Waals surface area contributed by atoms with Crippen molar-refractivity contribution in [3.05, 3.63) is 33.6 Å². The van der Waals surface area contributed by atoms with Crippen LogP contribution in [-0.2, 0) is 9.59 Å². The van der Waals surface area contributed by atoms with Crippen LogP contribution in [0.3, 0.4) is 0 Å². The van der Waals surface area contributed by atoms with Gasteiger partial charge in [-0.05, 0) is 18.9 Å². The first-order chi connectivity index (χ1) is 10.2. The third kappa shape index (κ3) is 4.51. The number of amides is 1. The molecule has 1 unspecified atom stereocenters. The van der Waals surface area contributed by atoms with Crippen LogP contribution in [0.5, 0.6) is 0 Å². The average Bonchev–Trinajstić information content (AvgIpc) is 2.42. The quantitative estimate of drug-likeness (QED) is 0.480. The summed E-state index contributed by atoms with van der Waals surface area (Å²) in [6, 6.07) is -0.255. The van der Waals surface area contributed by atoms with Crippen molar-refractivity contribution in [2.24, 2.45) is 0 Å². The van der Waals surface area contributed by atoms with Crippen molar-refractivity contribution in [3.8, 4) is 0 Å². The van der Waals surface area contributed by atoms with Gasteiger partial charge in [0.25, 0.3) is 11.6 Å². The summed E-state index contributed by atoms with van der Waals surface area (Å²) in [6.07, 6.45) is 0.168. The molecule has 0 aliphatic carbocycles. The van der Waals surface area contributed by atoms with E-state index in [1.165, 1.54) is 6.92 Å². The van der Waals surface area contributed by atoms with Gasteiger partial charge in [-0.3, -0.25) is 19.7 Å². The summed E-state index contributed by atoms with van der Waals surface area (Å²) in [7, 11) is 0. The van der Waals surface area contributed by atoms with Crippen LogP contribution in [0, 0.1) is 17.0 Å². The van der Waals surface area contributed by atoms with E-state index in [-0.39, 0.29) is 23.4 Å². The summed E-state index contributed by atoms with van der Waals surface area (Å²) in [4.78, 5) is 47.0. The Balaban J connectivity index is 2.88. The monoisotopic (exact) mass is 311 g/mol. The molecule has 22 heavy (non-hydrogen) atoms. The van der Waals surface area contributed by atoms with Gasteiger partial charge in [0.05, 0.1) is 4.92 Å². The number of nitrogens with zero attached hydrogens (tertiary/aromatic N) is 2. The fourth-order valence-electron chi connectivity index (χ4n) is 1.65. The van der Waals surface area contributed by atoms with Gasteiger partial charge < -0.3 is 15.5 Å². The Labute approximate surface area is 123 Å². The van der Waals surface area contributed by atoms with Crippen molar-refractivity contribution in [2.75, 3.05) is 0 Å². The van der Waals surface area contributed by atoms with Crippen molar-refractivity contribution in [2.45, 2.75) is 25.8 Å². The van der Waals surface area contributed by atoms with Crippen LogP contribution in [0.2, 0.25) is 0 Å². The molecule has 0 aromatic carbocycles. The number of aliphatic carboxylic acids is 2. The first kappa shape index (κ1) is 17.0. The van der Waals surface area contributed by atoms with E-state index in [2.05, 4.69) is 10.3 Å². The van der Waals surface area contributed by atoms with Crippen LogP contribution in [-0.4, -0.2) is 44.0 Å². The minimum absolute atomic E-state index is 0.160. The van der Waals surface area contributed by atoms with E-state index in [4.69, 9.17) is 10.2 Å². The van der Waals surface area contributed by atoms with E-state index in [9.17, 15) is 24.5 Å². The highest BCUT2D eigenvalue weighted by molar-refractivity contribution is 5.96. The molecule has 10 heteroatoms. The second-order valence-electron chi connectivity index (χ2n) is 4.41. The number of nitro groups is 1.